The number of hydrogen-bond donors (Lipinski definition) is 1. The molecule has 0 atom stereocenters. The molecular weight excluding hydrogens is 234 g/mol. The fourth-order valence-electron chi connectivity index (χ4n) is 1.92. The highest BCUT2D eigenvalue weighted by Gasteiger charge is 2.29. The SMILES string of the molecule is CNc1nc(C)c([N+](=O)[O-])c(N(C)CC2CC2)n1. The van der Waals surface area contributed by atoms with Crippen LogP contribution in [0, 0.1) is 23.0 Å². The third kappa shape index (κ3) is 2.49. The Morgan fingerprint density at radius 3 is 2.67 bits per heavy atom. The average molecular weight is 251 g/mol. The zero-order valence-corrected chi connectivity index (χ0v) is 10.8. The quantitative estimate of drug-likeness (QED) is 0.631. The number of nitro groups is 1. The van der Waals surface area contributed by atoms with Gasteiger partial charge in [0, 0.05) is 20.6 Å². The maximum Gasteiger partial charge on any atom is 0.332 e. The number of aryl methyl sites for hydroxylation is 1. The zero-order valence-electron chi connectivity index (χ0n) is 10.8. The van der Waals surface area contributed by atoms with Gasteiger partial charge in [-0.2, -0.15) is 4.98 Å². The molecule has 0 radical (unpaired) electrons. The number of rotatable bonds is 5. The van der Waals surface area contributed by atoms with Gasteiger partial charge in [-0.3, -0.25) is 10.1 Å². The van der Waals surface area contributed by atoms with Gasteiger partial charge in [-0.15, -0.1) is 0 Å². The van der Waals surface area contributed by atoms with E-state index in [2.05, 4.69) is 15.3 Å². The highest BCUT2D eigenvalue weighted by atomic mass is 16.6. The van der Waals surface area contributed by atoms with Crippen molar-refractivity contribution in [2.75, 3.05) is 30.9 Å². The summed E-state index contributed by atoms with van der Waals surface area (Å²) in [7, 11) is 3.54. The predicted octanol–water partition coefficient (Wildman–Crippen LogP) is 1.58. The molecular formula is C11H17N5O2. The molecule has 1 aliphatic rings. The molecule has 7 heteroatoms. The van der Waals surface area contributed by atoms with E-state index in [1.54, 1.807) is 14.0 Å². The van der Waals surface area contributed by atoms with Gasteiger partial charge in [-0.05, 0) is 25.7 Å². The van der Waals surface area contributed by atoms with Crippen molar-refractivity contribution in [3.05, 3.63) is 15.8 Å². The molecule has 1 N–H and O–H groups in total. The Hall–Kier alpha value is -1.92. The Bertz CT molecular complexity index is 473. The van der Waals surface area contributed by atoms with Crippen LogP contribution in [0.25, 0.3) is 0 Å². The van der Waals surface area contributed by atoms with Crippen LogP contribution in [0.1, 0.15) is 18.5 Å². The molecule has 0 saturated heterocycles. The number of nitrogens with one attached hydrogen (secondary N) is 1. The molecule has 1 heterocycles. The minimum atomic E-state index is -0.409. The van der Waals surface area contributed by atoms with Crippen molar-refractivity contribution in [3.63, 3.8) is 0 Å². The summed E-state index contributed by atoms with van der Waals surface area (Å²) in [6.07, 6.45) is 2.39. The lowest BCUT2D eigenvalue weighted by atomic mass is 10.3. The Labute approximate surface area is 105 Å². The van der Waals surface area contributed by atoms with Crippen molar-refractivity contribution in [1.29, 1.82) is 0 Å². The van der Waals surface area contributed by atoms with Gasteiger partial charge < -0.3 is 10.2 Å². The van der Waals surface area contributed by atoms with Crippen molar-refractivity contribution in [2.45, 2.75) is 19.8 Å². The number of hydrogen-bond acceptors (Lipinski definition) is 6. The van der Waals surface area contributed by atoms with Crippen LogP contribution in [0.2, 0.25) is 0 Å². The second-order valence-corrected chi connectivity index (χ2v) is 4.64. The van der Waals surface area contributed by atoms with Gasteiger partial charge in [-0.1, -0.05) is 0 Å². The molecule has 18 heavy (non-hydrogen) atoms. The number of anilines is 2. The molecule has 1 aromatic heterocycles. The summed E-state index contributed by atoms with van der Waals surface area (Å²) in [6, 6.07) is 0. The van der Waals surface area contributed by atoms with Crippen molar-refractivity contribution in [2.24, 2.45) is 5.92 Å². The molecule has 2 rings (SSSR count). The lowest BCUT2D eigenvalue weighted by Crippen LogP contribution is -2.23. The standard InChI is InChI=1S/C11H17N5O2/c1-7-9(16(17)18)10(14-11(12-2)13-7)15(3)6-8-4-5-8/h8H,4-6H2,1-3H3,(H,12,13,14). The van der Waals surface area contributed by atoms with Crippen LogP contribution in [-0.2, 0) is 0 Å². The molecule has 1 aliphatic carbocycles. The zero-order chi connectivity index (χ0) is 13.3. The van der Waals surface area contributed by atoms with Crippen molar-refractivity contribution >= 4 is 17.5 Å². The molecule has 7 nitrogen and oxygen atoms in total. The second-order valence-electron chi connectivity index (χ2n) is 4.64. The van der Waals surface area contributed by atoms with E-state index in [0.717, 1.165) is 6.54 Å². The summed E-state index contributed by atoms with van der Waals surface area (Å²) in [5.74, 6) is 1.45. The van der Waals surface area contributed by atoms with E-state index in [9.17, 15) is 10.1 Å². The van der Waals surface area contributed by atoms with Gasteiger partial charge in [0.1, 0.15) is 5.69 Å². The largest absolute Gasteiger partial charge is 0.357 e. The fraction of sp³-hybridized carbons (Fsp3) is 0.636. The summed E-state index contributed by atoms with van der Waals surface area (Å²) in [5.41, 5.74) is 0.383. The van der Waals surface area contributed by atoms with Crippen LogP contribution >= 0.6 is 0 Å². The molecule has 0 aliphatic heterocycles. The van der Waals surface area contributed by atoms with E-state index in [0.29, 0.717) is 23.4 Å². The lowest BCUT2D eigenvalue weighted by molar-refractivity contribution is -0.385. The third-order valence-corrected chi connectivity index (χ3v) is 3.04. The second kappa shape index (κ2) is 4.75. The van der Waals surface area contributed by atoms with Gasteiger partial charge in [0.2, 0.25) is 11.8 Å². The van der Waals surface area contributed by atoms with Crippen LogP contribution < -0.4 is 10.2 Å². The summed E-state index contributed by atoms with van der Waals surface area (Å²) in [5, 5.41) is 14.0. The first-order valence-electron chi connectivity index (χ1n) is 5.94. The highest BCUT2D eigenvalue weighted by molar-refractivity contribution is 5.62. The monoisotopic (exact) mass is 251 g/mol. The highest BCUT2D eigenvalue weighted by Crippen LogP contribution is 2.34. The summed E-state index contributed by atoms with van der Waals surface area (Å²) in [4.78, 5) is 20.8. The first-order valence-corrected chi connectivity index (χ1v) is 5.94. The van der Waals surface area contributed by atoms with Crippen molar-refractivity contribution in [3.8, 4) is 0 Å². The van der Waals surface area contributed by atoms with E-state index in [4.69, 9.17) is 0 Å². The average Bonchev–Trinajstić information content (AvgIpc) is 3.11. The summed E-state index contributed by atoms with van der Waals surface area (Å²) >= 11 is 0. The van der Waals surface area contributed by atoms with E-state index in [-0.39, 0.29) is 5.69 Å². The third-order valence-electron chi connectivity index (χ3n) is 3.04. The Morgan fingerprint density at radius 1 is 1.50 bits per heavy atom. The molecule has 1 fully saturated rings. The number of nitrogens with zero attached hydrogens (tertiary/aromatic N) is 4. The van der Waals surface area contributed by atoms with Gasteiger partial charge >= 0.3 is 5.69 Å². The smallest absolute Gasteiger partial charge is 0.332 e. The van der Waals surface area contributed by atoms with E-state index in [1.165, 1.54) is 12.8 Å². The minimum Gasteiger partial charge on any atom is -0.357 e. The molecule has 0 amide bonds. The maximum absolute atomic E-state index is 11.1. The molecule has 0 spiro atoms. The molecule has 0 aromatic carbocycles. The van der Waals surface area contributed by atoms with Crippen molar-refractivity contribution < 1.29 is 4.92 Å². The van der Waals surface area contributed by atoms with Crippen LogP contribution in [0.3, 0.4) is 0 Å². The predicted molar refractivity (Wildman–Crippen MR) is 69.0 cm³/mol. The minimum absolute atomic E-state index is 0.00264. The molecule has 0 bridgehead atoms. The Balaban J connectivity index is 2.39. The van der Waals surface area contributed by atoms with Gasteiger partial charge in [0.05, 0.1) is 4.92 Å². The Kier molecular flexibility index (Phi) is 3.31. The molecule has 0 unspecified atom stereocenters. The van der Waals surface area contributed by atoms with Crippen LogP contribution in [-0.4, -0.2) is 35.5 Å². The number of aromatic nitrogens is 2. The fourth-order valence-corrected chi connectivity index (χ4v) is 1.92. The lowest BCUT2D eigenvalue weighted by Gasteiger charge is -2.18. The van der Waals surface area contributed by atoms with Crippen LogP contribution in [0.15, 0.2) is 0 Å². The van der Waals surface area contributed by atoms with E-state index in [1.807, 2.05) is 11.9 Å². The first kappa shape index (κ1) is 12.5. The van der Waals surface area contributed by atoms with Crippen molar-refractivity contribution in [1.82, 2.24) is 9.97 Å². The van der Waals surface area contributed by atoms with Crippen LogP contribution in [0.5, 0.6) is 0 Å². The topological polar surface area (TPSA) is 84.2 Å². The van der Waals surface area contributed by atoms with Gasteiger partial charge in [0.25, 0.3) is 0 Å². The molecule has 1 aromatic rings. The van der Waals surface area contributed by atoms with E-state index < -0.39 is 4.92 Å². The Morgan fingerprint density at radius 2 is 2.17 bits per heavy atom. The molecule has 1 saturated carbocycles. The maximum atomic E-state index is 11.1. The normalized spacial score (nSPS) is 14.4. The first-order chi connectivity index (χ1) is 8.52. The van der Waals surface area contributed by atoms with Gasteiger partial charge in [-0.25, -0.2) is 4.98 Å². The van der Waals surface area contributed by atoms with Gasteiger partial charge in [0.15, 0.2) is 0 Å². The van der Waals surface area contributed by atoms with Crippen LogP contribution in [0.4, 0.5) is 17.5 Å². The summed E-state index contributed by atoms with van der Waals surface area (Å²) < 4.78 is 0. The summed E-state index contributed by atoms with van der Waals surface area (Å²) in [6.45, 7) is 2.44. The van der Waals surface area contributed by atoms with E-state index >= 15 is 0 Å². The molecule has 98 valence electrons.